The van der Waals surface area contributed by atoms with Crippen molar-refractivity contribution in [2.45, 2.75) is 19.9 Å². The van der Waals surface area contributed by atoms with E-state index < -0.39 is 0 Å². The second-order valence-electron chi connectivity index (χ2n) is 4.77. The Morgan fingerprint density at radius 1 is 1.16 bits per heavy atom. The Balaban J connectivity index is 1.94. The number of amides is 1. The number of aromatic nitrogens is 1. The third-order valence-corrected chi connectivity index (χ3v) is 3.04. The fourth-order valence-electron chi connectivity index (χ4n) is 1.87. The molecule has 0 radical (unpaired) electrons. The van der Waals surface area contributed by atoms with E-state index in [1.807, 2.05) is 50.4 Å². The van der Waals surface area contributed by atoms with Gasteiger partial charge in [0.05, 0.1) is 6.42 Å². The molecule has 0 fully saturated rings. The zero-order valence-corrected chi connectivity index (χ0v) is 11.3. The molecule has 2 rings (SSSR count). The van der Waals surface area contributed by atoms with Crippen LogP contribution in [0, 0.1) is 6.92 Å². The number of carbonyl (C=O) groups is 1. The predicted molar refractivity (Wildman–Crippen MR) is 75.6 cm³/mol. The van der Waals surface area contributed by atoms with E-state index >= 15 is 0 Å². The molecule has 98 valence electrons. The minimum atomic E-state index is 0.118. The van der Waals surface area contributed by atoms with Crippen LogP contribution in [0.1, 0.15) is 16.7 Å². The largest absolute Gasteiger partial charge is 0.341 e. The SMILES string of the molecule is Cc1ccc(CC(=O)N(C)Cc2cccnc2)cc1. The number of pyridine rings is 1. The van der Waals surface area contributed by atoms with Crippen molar-refractivity contribution in [3.63, 3.8) is 0 Å². The standard InChI is InChI=1S/C16H18N2O/c1-13-5-7-14(8-6-13)10-16(19)18(2)12-15-4-3-9-17-11-15/h3-9,11H,10,12H2,1-2H3. The molecule has 1 amide bonds. The first-order valence-corrected chi connectivity index (χ1v) is 6.33. The molecule has 1 aromatic carbocycles. The van der Waals surface area contributed by atoms with Gasteiger partial charge in [-0.2, -0.15) is 0 Å². The van der Waals surface area contributed by atoms with Crippen molar-refractivity contribution in [2.75, 3.05) is 7.05 Å². The molecule has 0 saturated carbocycles. The molecule has 19 heavy (non-hydrogen) atoms. The maximum atomic E-state index is 12.1. The molecule has 0 N–H and O–H groups in total. The molecule has 3 heteroatoms. The van der Waals surface area contributed by atoms with Gasteiger partial charge in [0.2, 0.25) is 5.91 Å². The molecule has 0 saturated heterocycles. The van der Waals surface area contributed by atoms with Crippen LogP contribution in [0.3, 0.4) is 0 Å². The van der Waals surface area contributed by atoms with Crippen molar-refractivity contribution in [1.29, 1.82) is 0 Å². The van der Waals surface area contributed by atoms with Crippen LogP contribution in [-0.2, 0) is 17.8 Å². The van der Waals surface area contributed by atoms with E-state index in [9.17, 15) is 4.79 Å². The molecule has 0 spiro atoms. The van der Waals surface area contributed by atoms with Crippen LogP contribution in [0.25, 0.3) is 0 Å². The van der Waals surface area contributed by atoms with Crippen molar-refractivity contribution in [1.82, 2.24) is 9.88 Å². The predicted octanol–water partition coefficient (Wildman–Crippen LogP) is 2.59. The fourth-order valence-corrected chi connectivity index (χ4v) is 1.87. The highest BCUT2D eigenvalue weighted by molar-refractivity contribution is 5.78. The van der Waals surface area contributed by atoms with Crippen LogP contribution in [-0.4, -0.2) is 22.8 Å². The molecule has 3 nitrogen and oxygen atoms in total. The number of rotatable bonds is 4. The highest BCUT2D eigenvalue weighted by Gasteiger charge is 2.10. The van der Waals surface area contributed by atoms with Crippen LogP contribution in [0.4, 0.5) is 0 Å². The van der Waals surface area contributed by atoms with Crippen molar-refractivity contribution >= 4 is 5.91 Å². The normalized spacial score (nSPS) is 10.2. The van der Waals surface area contributed by atoms with Gasteiger partial charge in [0.15, 0.2) is 0 Å². The molecule has 1 heterocycles. The Morgan fingerprint density at radius 2 is 1.89 bits per heavy atom. The summed E-state index contributed by atoms with van der Waals surface area (Å²) in [6, 6.07) is 11.9. The number of hydrogen-bond donors (Lipinski definition) is 0. The number of likely N-dealkylation sites (N-methyl/N-ethyl adjacent to an activating group) is 1. The number of carbonyl (C=O) groups excluding carboxylic acids is 1. The molecular formula is C16H18N2O. The molecule has 0 atom stereocenters. The third kappa shape index (κ3) is 3.91. The van der Waals surface area contributed by atoms with Gasteiger partial charge in [-0.05, 0) is 24.1 Å². The van der Waals surface area contributed by atoms with Gasteiger partial charge < -0.3 is 4.90 Å². The van der Waals surface area contributed by atoms with Crippen molar-refractivity contribution in [3.05, 3.63) is 65.5 Å². The third-order valence-electron chi connectivity index (χ3n) is 3.04. The summed E-state index contributed by atoms with van der Waals surface area (Å²) in [4.78, 5) is 17.9. The van der Waals surface area contributed by atoms with Gasteiger partial charge in [0.25, 0.3) is 0 Å². The fraction of sp³-hybridized carbons (Fsp3) is 0.250. The van der Waals surface area contributed by atoms with E-state index in [4.69, 9.17) is 0 Å². The van der Waals surface area contributed by atoms with Gasteiger partial charge in [-0.25, -0.2) is 0 Å². The second-order valence-corrected chi connectivity index (χ2v) is 4.77. The second kappa shape index (κ2) is 6.14. The topological polar surface area (TPSA) is 33.2 Å². The molecule has 0 aliphatic carbocycles. The Morgan fingerprint density at radius 3 is 2.53 bits per heavy atom. The monoisotopic (exact) mass is 254 g/mol. The first-order valence-electron chi connectivity index (χ1n) is 6.33. The highest BCUT2D eigenvalue weighted by atomic mass is 16.2. The molecule has 0 unspecified atom stereocenters. The molecule has 0 aliphatic rings. The summed E-state index contributed by atoms with van der Waals surface area (Å²) in [5.74, 6) is 0.118. The van der Waals surface area contributed by atoms with Crippen LogP contribution in [0.5, 0.6) is 0 Å². The van der Waals surface area contributed by atoms with Crippen LogP contribution >= 0.6 is 0 Å². The Kier molecular flexibility index (Phi) is 4.29. The summed E-state index contributed by atoms with van der Waals surface area (Å²) in [6.45, 7) is 2.64. The van der Waals surface area contributed by atoms with Crippen molar-refractivity contribution in [3.8, 4) is 0 Å². The lowest BCUT2D eigenvalue weighted by Crippen LogP contribution is -2.27. The van der Waals surface area contributed by atoms with E-state index in [-0.39, 0.29) is 5.91 Å². The Bertz CT molecular complexity index is 534. The van der Waals surface area contributed by atoms with Gasteiger partial charge in [-0.3, -0.25) is 9.78 Å². The van der Waals surface area contributed by atoms with Crippen molar-refractivity contribution in [2.24, 2.45) is 0 Å². The molecule has 0 aliphatic heterocycles. The Labute approximate surface area is 113 Å². The lowest BCUT2D eigenvalue weighted by Gasteiger charge is -2.17. The first-order chi connectivity index (χ1) is 9.15. The minimum absolute atomic E-state index is 0.118. The van der Waals surface area contributed by atoms with Crippen LogP contribution in [0.15, 0.2) is 48.8 Å². The summed E-state index contributed by atoms with van der Waals surface area (Å²) < 4.78 is 0. The first kappa shape index (κ1) is 13.3. The molecule has 0 bridgehead atoms. The zero-order chi connectivity index (χ0) is 13.7. The smallest absolute Gasteiger partial charge is 0.227 e. The zero-order valence-electron chi connectivity index (χ0n) is 11.3. The summed E-state index contributed by atoms with van der Waals surface area (Å²) in [6.07, 6.45) is 3.96. The van der Waals surface area contributed by atoms with E-state index in [0.717, 1.165) is 11.1 Å². The highest BCUT2D eigenvalue weighted by Crippen LogP contribution is 2.07. The summed E-state index contributed by atoms with van der Waals surface area (Å²) in [5, 5.41) is 0. The average molecular weight is 254 g/mol. The average Bonchev–Trinajstić information content (AvgIpc) is 2.42. The minimum Gasteiger partial charge on any atom is -0.341 e. The van der Waals surface area contributed by atoms with Gasteiger partial charge in [-0.15, -0.1) is 0 Å². The van der Waals surface area contributed by atoms with Crippen LogP contribution < -0.4 is 0 Å². The van der Waals surface area contributed by atoms with E-state index in [0.29, 0.717) is 13.0 Å². The maximum absolute atomic E-state index is 12.1. The summed E-state index contributed by atoms with van der Waals surface area (Å²) >= 11 is 0. The van der Waals surface area contributed by atoms with E-state index in [1.165, 1.54) is 5.56 Å². The summed E-state index contributed by atoms with van der Waals surface area (Å²) in [5.41, 5.74) is 3.30. The van der Waals surface area contributed by atoms with E-state index in [1.54, 1.807) is 17.3 Å². The quantitative estimate of drug-likeness (QED) is 0.840. The maximum Gasteiger partial charge on any atom is 0.227 e. The van der Waals surface area contributed by atoms with Gasteiger partial charge in [-0.1, -0.05) is 35.9 Å². The van der Waals surface area contributed by atoms with Gasteiger partial charge in [0, 0.05) is 26.0 Å². The number of aryl methyl sites for hydroxylation is 1. The van der Waals surface area contributed by atoms with Gasteiger partial charge in [0.1, 0.15) is 0 Å². The molecule has 2 aromatic rings. The lowest BCUT2D eigenvalue weighted by molar-refractivity contribution is -0.129. The number of nitrogens with zero attached hydrogens (tertiary/aromatic N) is 2. The van der Waals surface area contributed by atoms with Crippen LogP contribution in [0.2, 0.25) is 0 Å². The summed E-state index contributed by atoms with van der Waals surface area (Å²) in [7, 11) is 1.82. The van der Waals surface area contributed by atoms with E-state index in [2.05, 4.69) is 4.98 Å². The lowest BCUT2D eigenvalue weighted by atomic mass is 10.1. The molecule has 1 aromatic heterocycles. The Hall–Kier alpha value is -2.16. The molecular weight excluding hydrogens is 236 g/mol. The van der Waals surface area contributed by atoms with Crippen molar-refractivity contribution < 1.29 is 4.79 Å². The number of hydrogen-bond acceptors (Lipinski definition) is 2. The van der Waals surface area contributed by atoms with Gasteiger partial charge >= 0.3 is 0 Å². The number of benzene rings is 1.